The Bertz CT molecular complexity index is 870. The molecule has 134 valence electrons. The number of aromatic nitrogens is 2. The van der Waals surface area contributed by atoms with E-state index in [0.717, 1.165) is 16.9 Å². The molecule has 7 heteroatoms. The molecule has 3 rings (SSSR count). The van der Waals surface area contributed by atoms with Crippen molar-refractivity contribution in [1.29, 1.82) is 0 Å². The normalized spacial score (nSPS) is 10.7. The molecule has 0 atom stereocenters. The Balaban J connectivity index is 1.49. The average molecular weight is 388 g/mol. The van der Waals surface area contributed by atoms with Gasteiger partial charge in [0.2, 0.25) is 17.6 Å². The lowest BCUT2D eigenvalue weighted by molar-refractivity contribution is -0.127. The van der Waals surface area contributed by atoms with Gasteiger partial charge in [0.25, 0.3) is 0 Å². The van der Waals surface area contributed by atoms with E-state index in [1.165, 1.54) is 0 Å². The fourth-order valence-electron chi connectivity index (χ4n) is 2.31. The number of hydrogen-bond acceptors (Lipinski definition) is 5. The fraction of sp³-hybridized carbons (Fsp3) is 0.211. The van der Waals surface area contributed by atoms with Crippen LogP contribution in [-0.2, 0) is 17.1 Å². The van der Waals surface area contributed by atoms with Crippen molar-refractivity contribution in [2.24, 2.45) is 0 Å². The zero-order chi connectivity index (χ0) is 18.4. The van der Waals surface area contributed by atoms with Gasteiger partial charge in [0.15, 0.2) is 0 Å². The van der Waals surface area contributed by atoms with Crippen LogP contribution in [0.1, 0.15) is 11.5 Å². The minimum Gasteiger partial charge on any atom is -0.337 e. The minimum atomic E-state index is 0.0106. The highest BCUT2D eigenvalue weighted by molar-refractivity contribution is 7.99. The Kier molecular flexibility index (Phi) is 6.30. The van der Waals surface area contributed by atoms with Crippen LogP contribution < -0.4 is 0 Å². The van der Waals surface area contributed by atoms with Gasteiger partial charge in [-0.05, 0) is 17.7 Å². The van der Waals surface area contributed by atoms with E-state index in [0.29, 0.717) is 22.5 Å². The molecule has 0 radical (unpaired) electrons. The lowest BCUT2D eigenvalue weighted by Crippen LogP contribution is -2.28. The summed E-state index contributed by atoms with van der Waals surface area (Å²) < 4.78 is 5.25. The zero-order valence-electron chi connectivity index (χ0n) is 14.3. The zero-order valence-corrected chi connectivity index (χ0v) is 15.8. The molecule has 0 N–H and O–H groups in total. The van der Waals surface area contributed by atoms with Gasteiger partial charge in [0, 0.05) is 23.4 Å². The van der Waals surface area contributed by atoms with Gasteiger partial charge in [0.1, 0.15) is 0 Å². The number of hydrogen-bond donors (Lipinski definition) is 0. The average Bonchev–Trinajstić information content (AvgIpc) is 3.11. The van der Waals surface area contributed by atoms with E-state index in [4.69, 9.17) is 16.1 Å². The molecule has 1 heterocycles. The maximum Gasteiger partial charge on any atom is 0.246 e. The molecule has 0 unspecified atom stereocenters. The number of thioether (sulfide) groups is 1. The van der Waals surface area contributed by atoms with Crippen LogP contribution in [0.4, 0.5) is 0 Å². The van der Waals surface area contributed by atoms with Crippen molar-refractivity contribution in [3.63, 3.8) is 0 Å². The van der Waals surface area contributed by atoms with Crippen molar-refractivity contribution in [3.8, 4) is 11.4 Å². The number of nitrogens with zero attached hydrogens (tertiary/aromatic N) is 3. The fourth-order valence-corrected chi connectivity index (χ4v) is 3.43. The second-order valence-electron chi connectivity index (χ2n) is 5.75. The summed E-state index contributed by atoms with van der Waals surface area (Å²) in [6.45, 7) is 0.288. The number of halogens is 1. The molecule has 0 aliphatic rings. The smallest absolute Gasteiger partial charge is 0.246 e. The number of amides is 1. The first-order valence-electron chi connectivity index (χ1n) is 8.06. The van der Waals surface area contributed by atoms with E-state index < -0.39 is 0 Å². The SMILES string of the molecule is CN(Cc1nc(-c2ccccc2)no1)C(=O)CSCc1cccc(Cl)c1. The molecule has 0 aliphatic carbocycles. The third-order valence-electron chi connectivity index (χ3n) is 3.68. The van der Waals surface area contributed by atoms with E-state index >= 15 is 0 Å². The number of carbonyl (C=O) groups is 1. The highest BCUT2D eigenvalue weighted by Gasteiger charge is 2.14. The van der Waals surface area contributed by atoms with Crippen LogP contribution in [0.2, 0.25) is 5.02 Å². The summed E-state index contributed by atoms with van der Waals surface area (Å²) in [7, 11) is 1.73. The predicted octanol–water partition coefficient (Wildman–Crippen LogP) is 4.28. The van der Waals surface area contributed by atoms with Crippen LogP contribution in [-0.4, -0.2) is 33.7 Å². The molecule has 1 aromatic heterocycles. The van der Waals surface area contributed by atoms with Crippen molar-refractivity contribution >= 4 is 29.3 Å². The summed E-state index contributed by atoms with van der Waals surface area (Å²) in [6.07, 6.45) is 0. The Hall–Kier alpha value is -2.31. The number of carbonyl (C=O) groups excluding carboxylic acids is 1. The van der Waals surface area contributed by atoms with Crippen LogP contribution in [0.3, 0.4) is 0 Å². The molecule has 26 heavy (non-hydrogen) atoms. The standard InChI is InChI=1S/C19H18ClN3O2S/c1-23(18(24)13-26-12-14-6-5-9-16(20)10-14)11-17-21-19(22-25-17)15-7-3-2-4-8-15/h2-10H,11-13H2,1H3. The Morgan fingerprint density at radius 3 is 2.77 bits per heavy atom. The van der Waals surface area contributed by atoms with Crippen LogP contribution in [0.5, 0.6) is 0 Å². The Labute approximate surface area is 161 Å². The number of rotatable bonds is 7. The van der Waals surface area contributed by atoms with Crippen LogP contribution >= 0.6 is 23.4 Å². The molecule has 0 saturated heterocycles. The first-order chi connectivity index (χ1) is 12.6. The second-order valence-corrected chi connectivity index (χ2v) is 7.17. The lowest BCUT2D eigenvalue weighted by atomic mass is 10.2. The summed E-state index contributed by atoms with van der Waals surface area (Å²) in [6, 6.07) is 17.2. The quantitative estimate of drug-likeness (QED) is 0.605. The van der Waals surface area contributed by atoms with Gasteiger partial charge in [-0.15, -0.1) is 11.8 Å². The monoisotopic (exact) mass is 387 g/mol. The maximum absolute atomic E-state index is 12.3. The Morgan fingerprint density at radius 2 is 2.00 bits per heavy atom. The predicted molar refractivity (Wildman–Crippen MR) is 104 cm³/mol. The summed E-state index contributed by atoms with van der Waals surface area (Å²) in [4.78, 5) is 18.2. The largest absolute Gasteiger partial charge is 0.337 e. The first-order valence-corrected chi connectivity index (χ1v) is 9.59. The highest BCUT2D eigenvalue weighted by atomic mass is 35.5. The third kappa shape index (κ3) is 5.09. The molecular weight excluding hydrogens is 370 g/mol. The van der Waals surface area contributed by atoms with Gasteiger partial charge < -0.3 is 9.42 Å². The summed E-state index contributed by atoms with van der Waals surface area (Å²) in [5.74, 6) is 2.06. The molecule has 0 saturated carbocycles. The third-order valence-corrected chi connectivity index (χ3v) is 4.91. The number of benzene rings is 2. The maximum atomic E-state index is 12.3. The van der Waals surface area contributed by atoms with E-state index in [9.17, 15) is 4.79 Å². The molecule has 3 aromatic rings. The van der Waals surface area contributed by atoms with Gasteiger partial charge in [-0.2, -0.15) is 4.98 Å². The second kappa shape index (κ2) is 8.87. The van der Waals surface area contributed by atoms with Crippen LogP contribution in [0.25, 0.3) is 11.4 Å². The van der Waals surface area contributed by atoms with Crippen LogP contribution in [0.15, 0.2) is 59.1 Å². The van der Waals surface area contributed by atoms with E-state index in [1.807, 2.05) is 54.6 Å². The highest BCUT2D eigenvalue weighted by Crippen LogP contribution is 2.18. The summed E-state index contributed by atoms with van der Waals surface area (Å²) >= 11 is 7.51. The van der Waals surface area contributed by atoms with Crippen molar-refractivity contribution in [3.05, 3.63) is 71.1 Å². The molecule has 0 spiro atoms. The van der Waals surface area contributed by atoms with Gasteiger partial charge in [0.05, 0.1) is 12.3 Å². The molecule has 0 fully saturated rings. The topological polar surface area (TPSA) is 59.2 Å². The molecule has 5 nitrogen and oxygen atoms in total. The van der Waals surface area contributed by atoms with Gasteiger partial charge in [-0.3, -0.25) is 4.79 Å². The van der Waals surface area contributed by atoms with Crippen molar-refractivity contribution < 1.29 is 9.32 Å². The molecule has 1 amide bonds. The van der Waals surface area contributed by atoms with E-state index in [1.54, 1.807) is 23.7 Å². The minimum absolute atomic E-state index is 0.0106. The van der Waals surface area contributed by atoms with Gasteiger partial charge in [-0.25, -0.2) is 0 Å². The van der Waals surface area contributed by atoms with Crippen molar-refractivity contribution in [1.82, 2.24) is 15.0 Å². The summed E-state index contributed by atoms with van der Waals surface area (Å²) in [5.41, 5.74) is 1.98. The molecular formula is C19H18ClN3O2S. The molecule has 2 aromatic carbocycles. The van der Waals surface area contributed by atoms with Crippen molar-refractivity contribution in [2.75, 3.05) is 12.8 Å². The Morgan fingerprint density at radius 1 is 1.19 bits per heavy atom. The lowest BCUT2D eigenvalue weighted by Gasteiger charge is -2.14. The van der Waals surface area contributed by atoms with E-state index in [2.05, 4.69) is 10.1 Å². The molecule has 0 aliphatic heterocycles. The van der Waals surface area contributed by atoms with Gasteiger partial charge in [-0.1, -0.05) is 59.2 Å². The van der Waals surface area contributed by atoms with E-state index in [-0.39, 0.29) is 12.5 Å². The summed E-state index contributed by atoms with van der Waals surface area (Å²) in [5, 5.41) is 4.67. The van der Waals surface area contributed by atoms with Crippen molar-refractivity contribution in [2.45, 2.75) is 12.3 Å². The van der Waals surface area contributed by atoms with Gasteiger partial charge >= 0.3 is 0 Å². The van der Waals surface area contributed by atoms with Crippen LogP contribution in [0, 0.1) is 0 Å². The first kappa shape index (κ1) is 18.5. The molecule has 0 bridgehead atoms.